The Bertz CT molecular complexity index is 1060. The molecule has 0 spiro atoms. The second-order valence-corrected chi connectivity index (χ2v) is 8.59. The van der Waals surface area contributed by atoms with Gasteiger partial charge in [0, 0.05) is 50.7 Å². The molecule has 3 aromatic rings. The molecule has 170 valence electrons. The van der Waals surface area contributed by atoms with Gasteiger partial charge in [-0.2, -0.15) is 0 Å². The largest absolute Gasteiger partial charge is 0.496 e. The van der Waals surface area contributed by atoms with E-state index in [0.717, 1.165) is 51.6 Å². The van der Waals surface area contributed by atoms with Crippen molar-refractivity contribution in [3.05, 3.63) is 53.9 Å². The van der Waals surface area contributed by atoms with E-state index in [4.69, 9.17) is 4.74 Å². The number of amides is 1. The van der Waals surface area contributed by atoms with Crippen LogP contribution in [0.25, 0.3) is 10.8 Å². The van der Waals surface area contributed by atoms with E-state index >= 15 is 0 Å². The fraction of sp³-hybridized carbons (Fsp3) is 0.458. The second kappa shape index (κ2) is 10.1. The lowest BCUT2D eigenvalue weighted by Gasteiger charge is -2.34. The maximum absolute atomic E-state index is 12.0. The van der Waals surface area contributed by atoms with Crippen LogP contribution in [0.1, 0.15) is 29.9 Å². The predicted molar refractivity (Wildman–Crippen MR) is 125 cm³/mol. The minimum Gasteiger partial charge on any atom is -0.496 e. The summed E-state index contributed by atoms with van der Waals surface area (Å²) >= 11 is 0. The van der Waals surface area contributed by atoms with Crippen LogP contribution in [0.5, 0.6) is 5.75 Å². The van der Waals surface area contributed by atoms with Crippen LogP contribution >= 0.6 is 0 Å². The van der Waals surface area contributed by atoms with Crippen LogP contribution < -0.4 is 10.1 Å². The van der Waals surface area contributed by atoms with Crippen molar-refractivity contribution in [3.8, 4) is 5.75 Å². The van der Waals surface area contributed by atoms with Gasteiger partial charge in [-0.25, -0.2) is 0 Å². The zero-order chi connectivity index (χ0) is 22.5. The van der Waals surface area contributed by atoms with E-state index in [1.165, 1.54) is 16.3 Å². The summed E-state index contributed by atoms with van der Waals surface area (Å²) in [5.74, 6) is 0.748. The van der Waals surface area contributed by atoms with Gasteiger partial charge in [0.15, 0.2) is 5.69 Å². The zero-order valence-corrected chi connectivity index (χ0v) is 19.1. The number of methoxy groups -OCH3 is 1. The molecule has 0 saturated carbocycles. The second-order valence-electron chi connectivity index (χ2n) is 8.59. The lowest BCUT2D eigenvalue weighted by atomic mass is 10.0. The lowest BCUT2D eigenvalue weighted by Crippen LogP contribution is -2.46. The van der Waals surface area contributed by atoms with Gasteiger partial charge in [0.2, 0.25) is 0 Å². The number of piperazine rings is 1. The van der Waals surface area contributed by atoms with Crippen molar-refractivity contribution in [2.75, 3.05) is 39.8 Å². The summed E-state index contributed by atoms with van der Waals surface area (Å²) < 4.78 is 7.28. The van der Waals surface area contributed by atoms with Crippen molar-refractivity contribution in [2.45, 2.75) is 33.0 Å². The van der Waals surface area contributed by atoms with Gasteiger partial charge in [0.05, 0.1) is 19.9 Å². The first kappa shape index (κ1) is 22.2. The quantitative estimate of drug-likeness (QED) is 0.585. The molecule has 4 rings (SSSR count). The molecule has 1 N–H and O–H groups in total. The molecule has 0 radical (unpaired) electrons. The zero-order valence-electron chi connectivity index (χ0n) is 19.1. The van der Waals surface area contributed by atoms with Gasteiger partial charge in [-0.15, -0.1) is 5.10 Å². The van der Waals surface area contributed by atoms with E-state index in [0.29, 0.717) is 5.69 Å². The number of aromatic nitrogens is 3. The van der Waals surface area contributed by atoms with Crippen LogP contribution in [0.2, 0.25) is 0 Å². The number of fused-ring (bicyclic) bond motifs is 1. The van der Waals surface area contributed by atoms with Gasteiger partial charge in [0.25, 0.3) is 5.91 Å². The van der Waals surface area contributed by atoms with Gasteiger partial charge in [0.1, 0.15) is 5.75 Å². The molecule has 32 heavy (non-hydrogen) atoms. The van der Waals surface area contributed by atoms with Gasteiger partial charge in [-0.05, 0) is 30.9 Å². The third-order valence-corrected chi connectivity index (χ3v) is 5.89. The van der Waals surface area contributed by atoms with E-state index in [9.17, 15) is 4.79 Å². The first-order chi connectivity index (χ1) is 15.5. The van der Waals surface area contributed by atoms with E-state index in [2.05, 4.69) is 61.8 Å². The first-order valence-electron chi connectivity index (χ1n) is 11.2. The van der Waals surface area contributed by atoms with E-state index < -0.39 is 0 Å². The number of rotatable bonds is 8. The van der Waals surface area contributed by atoms with Gasteiger partial charge in [-0.3, -0.25) is 19.3 Å². The summed E-state index contributed by atoms with van der Waals surface area (Å²) in [6.45, 7) is 10.5. The van der Waals surface area contributed by atoms with Gasteiger partial charge in [-0.1, -0.05) is 35.5 Å². The summed E-state index contributed by atoms with van der Waals surface area (Å²) in [4.78, 5) is 17.0. The third-order valence-electron chi connectivity index (χ3n) is 5.89. The topological polar surface area (TPSA) is 75.5 Å². The van der Waals surface area contributed by atoms with Crippen LogP contribution in [-0.2, 0) is 13.1 Å². The molecular formula is C24H32N6O2. The molecule has 8 nitrogen and oxygen atoms in total. The molecule has 2 heterocycles. The maximum Gasteiger partial charge on any atom is 0.273 e. The van der Waals surface area contributed by atoms with E-state index in [1.54, 1.807) is 18.0 Å². The number of hydrogen-bond donors (Lipinski definition) is 1. The number of nitrogens with zero attached hydrogens (tertiary/aromatic N) is 5. The highest BCUT2D eigenvalue weighted by atomic mass is 16.5. The Kier molecular flexibility index (Phi) is 7.02. The Morgan fingerprint density at radius 3 is 2.47 bits per heavy atom. The first-order valence-corrected chi connectivity index (χ1v) is 11.2. The number of carbonyl (C=O) groups is 1. The molecule has 0 bridgehead atoms. The number of hydrogen-bond acceptors (Lipinski definition) is 6. The Morgan fingerprint density at radius 2 is 1.75 bits per heavy atom. The maximum atomic E-state index is 12.0. The highest BCUT2D eigenvalue weighted by Gasteiger charge is 2.19. The predicted octanol–water partition coefficient (Wildman–Crippen LogP) is 2.40. The van der Waals surface area contributed by atoms with E-state index in [-0.39, 0.29) is 11.9 Å². The average molecular weight is 437 g/mol. The smallest absolute Gasteiger partial charge is 0.273 e. The fourth-order valence-corrected chi connectivity index (χ4v) is 4.15. The highest BCUT2D eigenvalue weighted by molar-refractivity contribution is 5.92. The summed E-state index contributed by atoms with van der Waals surface area (Å²) in [5, 5.41) is 13.4. The molecule has 1 saturated heterocycles. The van der Waals surface area contributed by atoms with Crippen LogP contribution in [0, 0.1) is 0 Å². The molecule has 1 fully saturated rings. The summed E-state index contributed by atoms with van der Waals surface area (Å²) in [7, 11) is 1.72. The Morgan fingerprint density at radius 1 is 1.03 bits per heavy atom. The van der Waals surface area contributed by atoms with Crippen molar-refractivity contribution >= 4 is 16.7 Å². The van der Waals surface area contributed by atoms with Crippen molar-refractivity contribution in [2.24, 2.45) is 0 Å². The Balaban J connectivity index is 1.28. The fourth-order valence-electron chi connectivity index (χ4n) is 4.15. The van der Waals surface area contributed by atoms with Crippen LogP contribution in [0.4, 0.5) is 0 Å². The Labute approximate surface area is 189 Å². The minimum atomic E-state index is -0.175. The molecule has 0 atom stereocenters. The lowest BCUT2D eigenvalue weighted by molar-refractivity contribution is 0.0938. The molecule has 1 amide bonds. The Hall–Kier alpha value is -2.97. The van der Waals surface area contributed by atoms with Crippen molar-refractivity contribution in [3.63, 3.8) is 0 Å². The number of nitrogens with one attached hydrogen (secondary N) is 1. The van der Waals surface area contributed by atoms with Crippen LogP contribution in [0.3, 0.4) is 0 Å². The number of benzene rings is 2. The van der Waals surface area contributed by atoms with Crippen molar-refractivity contribution in [1.29, 1.82) is 0 Å². The monoisotopic (exact) mass is 436 g/mol. The standard InChI is InChI=1S/C24H32N6O2/c1-18(2)25-24(31)22-17-30(27-26-22)15-14-28-10-12-29(13-11-28)16-19-8-9-23(32-3)21-7-5-4-6-20(19)21/h4-9,17-18H,10-16H2,1-3H3,(H,25,31). The molecule has 1 aliphatic rings. The highest BCUT2D eigenvalue weighted by Crippen LogP contribution is 2.29. The van der Waals surface area contributed by atoms with Crippen molar-refractivity contribution < 1.29 is 9.53 Å². The SMILES string of the molecule is COc1ccc(CN2CCN(CCn3cc(C(=O)NC(C)C)nn3)CC2)c2ccccc12. The molecule has 1 aromatic heterocycles. The molecule has 1 aliphatic heterocycles. The van der Waals surface area contributed by atoms with Crippen LogP contribution in [-0.4, -0.2) is 76.6 Å². The van der Waals surface area contributed by atoms with Crippen molar-refractivity contribution in [1.82, 2.24) is 30.1 Å². The molecule has 8 heteroatoms. The summed E-state index contributed by atoms with van der Waals surface area (Å²) in [6.07, 6.45) is 1.72. The normalized spacial score (nSPS) is 15.4. The average Bonchev–Trinajstić information content (AvgIpc) is 3.28. The third kappa shape index (κ3) is 5.26. The minimum absolute atomic E-state index is 0.0832. The molecular weight excluding hydrogens is 404 g/mol. The number of carbonyl (C=O) groups excluding carboxylic acids is 1. The van der Waals surface area contributed by atoms with Crippen LogP contribution in [0.15, 0.2) is 42.6 Å². The van der Waals surface area contributed by atoms with E-state index in [1.807, 2.05) is 13.8 Å². The molecule has 0 aliphatic carbocycles. The summed E-state index contributed by atoms with van der Waals surface area (Å²) in [6, 6.07) is 12.8. The van der Waals surface area contributed by atoms with Gasteiger partial charge >= 0.3 is 0 Å². The molecule has 2 aromatic carbocycles. The summed E-state index contributed by atoms with van der Waals surface area (Å²) in [5.41, 5.74) is 1.71. The molecule has 0 unspecified atom stereocenters. The number of ether oxygens (including phenoxy) is 1. The van der Waals surface area contributed by atoms with Gasteiger partial charge < -0.3 is 10.1 Å².